The van der Waals surface area contributed by atoms with Crippen molar-refractivity contribution in [3.63, 3.8) is 0 Å². The summed E-state index contributed by atoms with van der Waals surface area (Å²) in [6, 6.07) is 6.60. The fourth-order valence-corrected chi connectivity index (χ4v) is 5.74. The van der Waals surface area contributed by atoms with Gasteiger partial charge in [-0.05, 0) is 86.8 Å². The number of anilines is 1. The smallest absolute Gasteiger partial charge is 0.123 e. The molecule has 0 aromatic heterocycles. The lowest BCUT2D eigenvalue weighted by Crippen LogP contribution is -2.50. The van der Waals surface area contributed by atoms with Crippen molar-refractivity contribution < 1.29 is 4.39 Å². The van der Waals surface area contributed by atoms with Crippen LogP contribution in [0.25, 0.3) is 0 Å². The first kappa shape index (κ1) is 24.6. The number of benzene rings is 1. The minimum atomic E-state index is -0.212. The molecular formula is C27H36FN3S. The van der Waals surface area contributed by atoms with Crippen molar-refractivity contribution in [1.82, 2.24) is 9.21 Å². The van der Waals surface area contributed by atoms with Crippen LogP contribution in [-0.2, 0) is 0 Å². The number of hydrogen-bond acceptors (Lipinski definition) is 4. The molecule has 1 aliphatic carbocycles. The number of piperidine rings is 1. The van der Waals surface area contributed by atoms with Crippen LogP contribution in [0.5, 0.6) is 0 Å². The third kappa shape index (κ3) is 5.83. The Balaban J connectivity index is 1.87. The number of hydrogen-bond donors (Lipinski definition) is 1. The number of nitrogens with one attached hydrogen (secondary N) is 1. The Hall–Kier alpha value is -2.08. The maximum absolute atomic E-state index is 13.3. The maximum atomic E-state index is 13.3. The van der Waals surface area contributed by atoms with E-state index in [9.17, 15) is 4.39 Å². The highest BCUT2D eigenvalue weighted by Crippen LogP contribution is 2.47. The van der Waals surface area contributed by atoms with Gasteiger partial charge >= 0.3 is 0 Å². The Morgan fingerprint density at radius 3 is 2.59 bits per heavy atom. The van der Waals surface area contributed by atoms with Crippen LogP contribution in [0.3, 0.4) is 0 Å². The van der Waals surface area contributed by atoms with Crippen molar-refractivity contribution in [2.45, 2.75) is 33.6 Å². The van der Waals surface area contributed by atoms with Crippen LogP contribution in [0.4, 0.5) is 10.1 Å². The van der Waals surface area contributed by atoms with E-state index in [4.69, 9.17) is 0 Å². The van der Waals surface area contributed by atoms with Crippen LogP contribution in [-0.4, -0.2) is 41.9 Å². The number of allylic oxidation sites excluding steroid dienone is 5. The molecule has 1 aromatic carbocycles. The van der Waals surface area contributed by atoms with Gasteiger partial charge in [0.1, 0.15) is 5.82 Å². The zero-order chi connectivity index (χ0) is 23.1. The van der Waals surface area contributed by atoms with Gasteiger partial charge in [0.25, 0.3) is 0 Å². The molecule has 1 atom stereocenters. The summed E-state index contributed by atoms with van der Waals surface area (Å²) in [5, 5.41) is 3.53. The summed E-state index contributed by atoms with van der Waals surface area (Å²) >= 11 is 1.78. The van der Waals surface area contributed by atoms with Crippen LogP contribution in [0, 0.1) is 11.2 Å². The second-order valence-electron chi connectivity index (χ2n) is 8.63. The van der Waals surface area contributed by atoms with Crippen LogP contribution in [0.2, 0.25) is 0 Å². The van der Waals surface area contributed by atoms with Gasteiger partial charge in [0.15, 0.2) is 0 Å². The molecular weight excluding hydrogens is 417 g/mol. The zero-order valence-corrected chi connectivity index (χ0v) is 20.5. The monoisotopic (exact) mass is 453 g/mol. The summed E-state index contributed by atoms with van der Waals surface area (Å²) in [5.74, 6) is -0.212. The summed E-state index contributed by atoms with van der Waals surface area (Å²) in [7, 11) is 0. The largest absolute Gasteiger partial charge is 0.356 e. The molecule has 5 heteroatoms. The number of nitrogens with zero attached hydrogens (tertiary/aromatic N) is 2. The first-order valence-electron chi connectivity index (χ1n) is 11.5. The van der Waals surface area contributed by atoms with E-state index >= 15 is 0 Å². The molecule has 3 rings (SSSR count). The van der Waals surface area contributed by atoms with Gasteiger partial charge in [-0.2, -0.15) is 0 Å². The van der Waals surface area contributed by atoms with Gasteiger partial charge in [-0.3, -0.25) is 0 Å². The minimum absolute atomic E-state index is 0.0930. The Kier molecular flexibility index (Phi) is 8.57. The predicted octanol–water partition coefficient (Wildman–Crippen LogP) is 6.78. The Morgan fingerprint density at radius 1 is 1.25 bits per heavy atom. The molecule has 1 N–H and O–H groups in total. The summed E-state index contributed by atoms with van der Waals surface area (Å²) in [5.41, 5.74) is 5.04. The quantitative estimate of drug-likeness (QED) is 0.311. The Labute approximate surface area is 197 Å². The molecule has 0 spiro atoms. The minimum Gasteiger partial charge on any atom is -0.356 e. The standard InChI is InChI=1S/C27H36FN3S/c1-6-10-25(7-2)32-31-16-15-22-17-26(29-24-13-11-23(28)12-14-24)21(5)18-27(22,20-31)19-30(8-3)9-4/h6-7,10-14,17,29H,1-2,8-9,15-16,18-20H2,3-5H3/b25-10+. The summed E-state index contributed by atoms with van der Waals surface area (Å²) in [6.45, 7) is 19.7. The first-order chi connectivity index (χ1) is 15.4. The molecule has 2 aliphatic rings. The molecule has 3 nitrogen and oxygen atoms in total. The molecule has 32 heavy (non-hydrogen) atoms. The van der Waals surface area contributed by atoms with Crippen molar-refractivity contribution in [2.75, 3.05) is 38.0 Å². The zero-order valence-electron chi connectivity index (χ0n) is 19.7. The number of halogens is 1. The fourth-order valence-electron chi connectivity index (χ4n) is 4.72. The molecule has 1 aromatic rings. The second-order valence-corrected chi connectivity index (χ2v) is 9.80. The maximum Gasteiger partial charge on any atom is 0.123 e. The molecule has 1 unspecified atom stereocenters. The van der Waals surface area contributed by atoms with Gasteiger partial charge in [0, 0.05) is 41.3 Å². The normalized spacial score (nSPS) is 21.9. The molecule has 1 saturated heterocycles. The van der Waals surface area contributed by atoms with E-state index in [1.165, 1.54) is 23.3 Å². The van der Waals surface area contributed by atoms with Crippen molar-refractivity contribution in [3.05, 3.63) is 89.3 Å². The molecule has 1 aliphatic heterocycles. The highest BCUT2D eigenvalue weighted by molar-refractivity contribution is 8.01. The van der Waals surface area contributed by atoms with Crippen molar-refractivity contribution >= 4 is 17.6 Å². The van der Waals surface area contributed by atoms with Gasteiger partial charge in [-0.1, -0.05) is 44.7 Å². The van der Waals surface area contributed by atoms with E-state index in [2.05, 4.69) is 54.5 Å². The molecule has 1 fully saturated rings. The summed E-state index contributed by atoms with van der Waals surface area (Å²) in [6.07, 6.45) is 10.2. The van der Waals surface area contributed by atoms with Crippen molar-refractivity contribution in [1.29, 1.82) is 0 Å². The topological polar surface area (TPSA) is 18.5 Å². The van der Waals surface area contributed by atoms with E-state index in [1.54, 1.807) is 24.1 Å². The lowest BCUT2D eigenvalue weighted by Gasteiger charge is -2.49. The second kappa shape index (κ2) is 11.2. The van der Waals surface area contributed by atoms with Gasteiger partial charge in [0.2, 0.25) is 0 Å². The predicted molar refractivity (Wildman–Crippen MR) is 138 cm³/mol. The SMILES string of the molecule is C=C/C=C(\C=C)SN1CCC2=CC(Nc3ccc(F)cc3)=C(C)CC2(CN(CC)CC)C1. The first-order valence-corrected chi connectivity index (χ1v) is 12.2. The Morgan fingerprint density at radius 2 is 1.97 bits per heavy atom. The van der Waals surface area contributed by atoms with Crippen LogP contribution >= 0.6 is 11.9 Å². The lowest BCUT2D eigenvalue weighted by molar-refractivity contribution is 0.140. The van der Waals surface area contributed by atoms with E-state index < -0.39 is 0 Å². The highest BCUT2D eigenvalue weighted by atomic mass is 32.2. The molecule has 0 saturated carbocycles. The van der Waals surface area contributed by atoms with Crippen molar-refractivity contribution in [3.8, 4) is 0 Å². The van der Waals surface area contributed by atoms with Crippen LogP contribution in [0.1, 0.15) is 33.6 Å². The van der Waals surface area contributed by atoms with Gasteiger partial charge in [-0.25, -0.2) is 8.70 Å². The average Bonchev–Trinajstić information content (AvgIpc) is 2.79. The lowest BCUT2D eigenvalue weighted by atomic mass is 9.68. The summed E-state index contributed by atoms with van der Waals surface area (Å²) < 4.78 is 15.8. The van der Waals surface area contributed by atoms with Crippen LogP contribution < -0.4 is 5.32 Å². The van der Waals surface area contributed by atoms with Crippen molar-refractivity contribution in [2.24, 2.45) is 5.41 Å². The van der Waals surface area contributed by atoms with Gasteiger partial charge < -0.3 is 10.2 Å². The molecule has 172 valence electrons. The van der Waals surface area contributed by atoms with Gasteiger partial charge in [0.05, 0.1) is 0 Å². The van der Waals surface area contributed by atoms with Crippen LogP contribution in [0.15, 0.2) is 83.5 Å². The highest BCUT2D eigenvalue weighted by Gasteiger charge is 2.43. The van der Waals surface area contributed by atoms with E-state index in [-0.39, 0.29) is 11.2 Å². The number of rotatable bonds is 10. The third-order valence-corrected chi connectivity index (χ3v) is 7.52. The molecule has 0 amide bonds. The van der Waals surface area contributed by atoms with E-state index in [0.29, 0.717) is 0 Å². The molecule has 0 radical (unpaired) electrons. The summed E-state index contributed by atoms with van der Waals surface area (Å²) in [4.78, 5) is 3.67. The van der Waals surface area contributed by atoms with E-state index in [1.807, 2.05) is 18.2 Å². The molecule has 0 bridgehead atoms. The fraction of sp³-hybridized carbons (Fsp3) is 0.407. The third-order valence-electron chi connectivity index (χ3n) is 6.43. The average molecular weight is 454 g/mol. The van der Waals surface area contributed by atoms with Gasteiger partial charge in [-0.15, -0.1) is 0 Å². The van der Waals surface area contributed by atoms with E-state index in [0.717, 1.165) is 61.9 Å². The number of fused-ring (bicyclic) bond motifs is 1. The Bertz CT molecular complexity index is 911. The molecule has 1 heterocycles.